The summed E-state index contributed by atoms with van der Waals surface area (Å²) >= 11 is 1.33. The number of carbonyl (C=O) groups excluding carboxylic acids is 2. The fraction of sp³-hybridized carbons (Fsp3) is 0.360. The zero-order chi connectivity index (χ0) is 24.5. The molecule has 0 unspecified atom stereocenters. The van der Waals surface area contributed by atoms with Crippen LogP contribution in [0, 0.1) is 6.92 Å². The number of methoxy groups -OCH3 is 1. The van der Waals surface area contributed by atoms with Crippen molar-refractivity contribution in [3.05, 3.63) is 65.0 Å². The predicted molar refractivity (Wildman–Crippen MR) is 134 cm³/mol. The average molecular weight is 482 g/mol. The normalized spacial score (nSPS) is 10.7. The van der Waals surface area contributed by atoms with Crippen LogP contribution in [-0.2, 0) is 35.5 Å². The first kappa shape index (κ1) is 25.3. The molecule has 1 heterocycles. The summed E-state index contributed by atoms with van der Waals surface area (Å²) in [5.74, 6) is 1.44. The van der Waals surface area contributed by atoms with Gasteiger partial charge in [-0.25, -0.2) is 0 Å². The Kier molecular flexibility index (Phi) is 9.09. The Hall–Kier alpha value is -3.33. The molecule has 9 heteroatoms. The smallest absolute Gasteiger partial charge is 0.234 e. The number of nitrogens with zero attached hydrogens (tertiary/aromatic N) is 3. The van der Waals surface area contributed by atoms with Crippen molar-refractivity contribution in [3.8, 4) is 5.75 Å². The van der Waals surface area contributed by atoms with Gasteiger partial charge in [0.1, 0.15) is 5.75 Å². The first-order valence-corrected chi connectivity index (χ1v) is 12.3. The van der Waals surface area contributed by atoms with Crippen LogP contribution in [0.1, 0.15) is 36.4 Å². The Bertz CT molecular complexity index is 1130. The molecule has 0 aliphatic heterocycles. The molecule has 34 heavy (non-hydrogen) atoms. The Morgan fingerprint density at radius 3 is 2.50 bits per heavy atom. The van der Waals surface area contributed by atoms with Gasteiger partial charge in [0, 0.05) is 12.2 Å². The number of benzene rings is 2. The highest BCUT2D eigenvalue weighted by molar-refractivity contribution is 7.99. The molecule has 3 rings (SSSR count). The van der Waals surface area contributed by atoms with Crippen molar-refractivity contribution in [1.82, 2.24) is 20.1 Å². The molecule has 0 saturated carbocycles. The second-order valence-corrected chi connectivity index (χ2v) is 8.69. The van der Waals surface area contributed by atoms with E-state index in [0.717, 1.165) is 34.5 Å². The van der Waals surface area contributed by atoms with Gasteiger partial charge in [-0.2, -0.15) is 0 Å². The number of ether oxygens (including phenoxy) is 1. The lowest BCUT2D eigenvalue weighted by Crippen LogP contribution is -2.26. The zero-order valence-electron chi connectivity index (χ0n) is 20.1. The van der Waals surface area contributed by atoms with Crippen molar-refractivity contribution in [2.75, 3.05) is 18.2 Å². The van der Waals surface area contributed by atoms with Gasteiger partial charge in [-0.15, -0.1) is 10.2 Å². The van der Waals surface area contributed by atoms with Crippen LogP contribution in [0.4, 0.5) is 5.69 Å². The van der Waals surface area contributed by atoms with Gasteiger partial charge in [0.15, 0.2) is 11.0 Å². The fourth-order valence-electron chi connectivity index (χ4n) is 3.55. The zero-order valence-corrected chi connectivity index (χ0v) is 20.9. The van der Waals surface area contributed by atoms with E-state index in [2.05, 4.69) is 27.8 Å². The minimum atomic E-state index is -0.102. The topological polar surface area (TPSA) is 98.1 Å². The largest absolute Gasteiger partial charge is 0.497 e. The molecular weight excluding hydrogens is 450 g/mol. The summed E-state index contributed by atoms with van der Waals surface area (Å²) < 4.78 is 7.06. The molecule has 2 aromatic carbocycles. The van der Waals surface area contributed by atoms with Crippen molar-refractivity contribution in [1.29, 1.82) is 0 Å². The summed E-state index contributed by atoms with van der Waals surface area (Å²) in [5, 5.41) is 15.0. The molecule has 0 bridgehead atoms. The number of para-hydroxylation sites is 1. The molecule has 0 radical (unpaired) electrons. The van der Waals surface area contributed by atoms with Crippen molar-refractivity contribution in [2.24, 2.45) is 0 Å². The summed E-state index contributed by atoms with van der Waals surface area (Å²) in [5.41, 5.74) is 3.94. The van der Waals surface area contributed by atoms with Gasteiger partial charge < -0.3 is 19.9 Å². The number of anilines is 1. The van der Waals surface area contributed by atoms with Crippen LogP contribution in [-0.4, -0.2) is 39.4 Å². The van der Waals surface area contributed by atoms with Crippen LogP contribution in [0.25, 0.3) is 0 Å². The summed E-state index contributed by atoms with van der Waals surface area (Å²) in [7, 11) is 1.61. The maximum absolute atomic E-state index is 12.6. The minimum absolute atomic E-state index is 0.0889. The van der Waals surface area contributed by atoms with E-state index in [9.17, 15) is 9.59 Å². The Balaban J connectivity index is 1.54. The summed E-state index contributed by atoms with van der Waals surface area (Å²) in [6, 6.07) is 13.4. The van der Waals surface area contributed by atoms with E-state index in [-0.39, 0.29) is 30.5 Å². The van der Waals surface area contributed by atoms with Gasteiger partial charge >= 0.3 is 0 Å². The quantitative estimate of drug-likeness (QED) is 0.405. The molecular formula is C25H31N5O3S. The van der Waals surface area contributed by atoms with E-state index in [1.165, 1.54) is 11.8 Å². The molecule has 0 spiro atoms. The van der Waals surface area contributed by atoms with E-state index in [4.69, 9.17) is 4.74 Å². The summed E-state index contributed by atoms with van der Waals surface area (Å²) in [6.07, 6.45) is 1.12. The summed E-state index contributed by atoms with van der Waals surface area (Å²) in [4.78, 5) is 24.9. The lowest BCUT2D eigenvalue weighted by Gasteiger charge is -2.13. The third-order valence-corrected chi connectivity index (χ3v) is 6.38. The average Bonchev–Trinajstić information content (AvgIpc) is 3.25. The van der Waals surface area contributed by atoms with Gasteiger partial charge in [0.25, 0.3) is 0 Å². The maximum Gasteiger partial charge on any atom is 0.234 e. The van der Waals surface area contributed by atoms with Gasteiger partial charge in [-0.05, 0) is 49.1 Å². The molecule has 2 amide bonds. The van der Waals surface area contributed by atoms with E-state index >= 15 is 0 Å². The number of hydrogen-bond acceptors (Lipinski definition) is 6. The van der Waals surface area contributed by atoms with E-state index in [1.807, 2.05) is 60.9 Å². The molecule has 0 fully saturated rings. The highest BCUT2D eigenvalue weighted by atomic mass is 32.2. The molecule has 2 N–H and O–H groups in total. The molecule has 0 aliphatic carbocycles. The first-order valence-electron chi connectivity index (χ1n) is 11.3. The van der Waals surface area contributed by atoms with Crippen LogP contribution in [0.15, 0.2) is 47.6 Å². The maximum atomic E-state index is 12.6. The van der Waals surface area contributed by atoms with Crippen LogP contribution < -0.4 is 15.4 Å². The van der Waals surface area contributed by atoms with Gasteiger partial charge in [-0.3, -0.25) is 9.59 Å². The van der Waals surface area contributed by atoms with Crippen LogP contribution in [0.3, 0.4) is 0 Å². The van der Waals surface area contributed by atoms with Crippen molar-refractivity contribution < 1.29 is 14.3 Å². The standard InChI is InChI=1S/C25H31N5O3S/c1-5-19-9-7-8-17(3)24(19)27-23(32)16-34-25-29-28-21(30(25)6-2)15-26-22(31)14-18-10-12-20(33-4)13-11-18/h7-13H,5-6,14-16H2,1-4H3,(H,26,31)(H,27,32). The number of hydrogen-bond donors (Lipinski definition) is 2. The van der Waals surface area contributed by atoms with E-state index < -0.39 is 0 Å². The fourth-order valence-corrected chi connectivity index (χ4v) is 4.37. The van der Waals surface area contributed by atoms with Gasteiger partial charge in [0.05, 0.1) is 25.8 Å². The summed E-state index contributed by atoms with van der Waals surface area (Å²) in [6.45, 7) is 6.95. The predicted octanol–water partition coefficient (Wildman–Crippen LogP) is 3.77. The van der Waals surface area contributed by atoms with Crippen molar-refractivity contribution in [3.63, 3.8) is 0 Å². The number of nitrogens with one attached hydrogen (secondary N) is 2. The molecule has 8 nitrogen and oxygen atoms in total. The number of aryl methyl sites for hydroxylation is 2. The molecule has 0 saturated heterocycles. The lowest BCUT2D eigenvalue weighted by atomic mass is 10.1. The Morgan fingerprint density at radius 2 is 1.82 bits per heavy atom. The SMILES string of the molecule is CCc1cccc(C)c1NC(=O)CSc1nnc(CNC(=O)Cc2ccc(OC)cc2)n1CC. The Labute approximate surface area is 204 Å². The third-order valence-electron chi connectivity index (χ3n) is 5.41. The number of thioether (sulfide) groups is 1. The Morgan fingerprint density at radius 1 is 1.06 bits per heavy atom. The molecule has 0 atom stereocenters. The van der Waals surface area contributed by atoms with Crippen molar-refractivity contribution >= 4 is 29.3 Å². The molecule has 0 aliphatic rings. The van der Waals surface area contributed by atoms with Gasteiger partial charge in [-0.1, -0.05) is 49.0 Å². The van der Waals surface area contributed by atoms with Crippen LogP contribution in [0.5, 0.6) is 5.75 Å². The van der Waals surface area contributed by atoms with Crippen LogP contribution in [0.2, 0.25) is 0 Å². The lowest BCUT2D eigenvalue weighted by molar-refractivity contribution is -0.120. The molecule has 180 valence electrons. The van der Waals surface area contributed by atoms with Crippen molar-refractivity contribution in [2.45, 2.75) is 51.9 Å². The monoisotopic (exact) mass is 481 g/mol. The number of carbonyl (C=O) groups is 2. The number of amides is 2. The van der Waals surface area contributed by atoms with Crippen LogP contribution >= 0.6 is 11.8 Å². The van der Waals surface area contributed by atoms with Gasteiger partial charge in [0.2, 0.25) is 11.8 Å². The highest BCUT2D eigenvalue weighted by Crippen LogP contribution is 2.23. The number of aromatic nitrogens is 3. The van der Waals surface area contributed by atoms with E-state index in [1.54, 1.807) is 7.11 Å². The first-order chi connectivity index (χ1) is 16.4. The minimum Gasteiger partial charge on any atom is -0.497 e. The van der Waals surface area contributed by atoms with E-state index in [0.29, 0.717) is 17.5 Å². The molecule has 1 aromatic heterocycles. The number of rotatable bonds is 11. The second-order valence-electron chi connectivity index (χ2n) is 7.74. The molecule has 3 aromatic rings. The second kappa shape index (κ2) is 12.2. The highest BCUT2D eigenvalue weighted by Gasteiger charge is 2.15. The third kappa shape index (κ3) is 6.60.